The summed E-state index contributed by atoms with van der Waals surface area (Å²) in [4.78, 5) is 12.8. The number of esters is 1. The number of nitrogens with zero attached hydrogens (tertiary/aromatic N) is 1. The first kappa shape index (κ1) is 11.5. The summed E-state index contributed by atoms with van der Waals surface area (Å²) in [7, 11) is 1.94. The minimum atomic E-state index is -0.311. The highest BCUT2D eigenvalue weighted by Gasteiger charge is 2.02. The van der Waals surface area contributed by atoms with Crippen molar-refractivity contribution in [3.63, 3.8) is 0 Å². The number of benzene rings is 1. The Morgan fingerprint density at radius 3 is 2.87 bits per heavy atom. The Bertz CT molecular complexity index is 339. The third kappa shape index (κ3) is 3.59. The Labute approximate surface area is 89.6 Å². The zero-order valence-corrected chi connectivity index (χ0v) is 9.06. The van der Waals surface area contributed by atoms with Crippen LogP contribution in [0, 0.1) is 0 Å². The molecule has 0 aliphatic heterocycles. The fraction of sp³-hybridized carbons (Fsp3) is 0.364. The Morgan fingerprint density at radius 1 is 1.53 bits per heavy atom. The predicted molar refractivity (Wildman–Crippen MR) is 60.1 cm³/mol. The quantitative estimate of drug-likeness (QED) is 0.592. The van der Waals surface area contributed by atoms with Crippen molar-refractivity contribution < 1.29 is 9.53 Å². The van der Waals surface area contributed by atoms with Gasteiger partial charge in [0.2, 0.25) is 0 Å². The Kier molecular flexibility index (Phi) is 4.12. The van der Waals surface area contributed by atoms with Gasteiger partial charge in [-0.05, 0) is 12.1 Å². The Hall–Kier alpha value is -1.55. The molecule has 0 spiro atoms. The van der Waals surface area contributed by atoms with Gasteiger partial charge in [0.1, 0.15) is 5.75 Å². The zero-order valence-electron chi connectivity index (χ0n) is 9.06. The Morgan fingerprint density at radius 2 is 2.27 bits per heavy atom. The van der Waals surface area contributed by atoms with Crippen molar-refractivity contribution >= 4 is 11.7 Å². The van der Waals surface area contributed by atoms with E-state index in [0.717, 1.165) is 12.2 Å². The van der Waals surface area contributed by atoms with Crippen LogP contribution in [-0.2, 0) is 4.79 Å². The highest BCUT2D eigenvalue weighted by atomic mass is 16.5. The number of carbonyl (C=O) groups excluding carboxylic acids is 1. The molecule has 1 aromatic rings. The number of likely N-dealkylation sites (N-methyl/N-ethyl adjacent to an activating group) is 1. The molecular weight excluding hydrogens is 192 g/mol. The van der Waals surface area contributed by atoms with Gasteiger partial charge in [0.15, 0.2) is 0 Å². The van der Waals surface area contributed by atoms with E-state index in [1.54, 1.807) is 6.07 Å². The van der Waals surface area contributed by atoms with Gasteiger partial charge in [0.25, 0.3) is 0 Å². The molecule has 0 fully saturated rings. The van der Waals surface area contributed by atoms with Crippen LogP contribution in [0.2, 0.25) is 0 Å². The first-order chi connectivity index (χ1) is 7.13. The van der Waals surface area contributed by atoms with Gasteiger partial charge in [0, 0.05) is 38.8 Å². The van der Waals surface area contributed by atoms with E-state index in [1.165, 1.54) is 6.92 Å². The van der Waals surface area contributed by atoms with Crippen LogP contribution in [-0.4, -0.2) is 26.1 Å². The van der Waals surface area contributed by atoms with Crippen LogP contribution < -0.4 is 15.4 Å². The van der Waals surface area contributed by atoms with Crippen molar-refractivity contribution in [3.05, 3.63) is 24.3 Å². The fourth-order valence-corrected chi connectivity index (χ4v) is 1.27. The molecule has 0 bridgehead atoms. The number of ether oxygens (including phenoxy) is 1. The average Bonchev–Trinajstić information content (AvgIpc) is 2.17. The number of hydrogen-bond donors (Lipinski definition) is 1. The smallest absolute Gasteiger partial charge is 0.308 e. The number of rotatable bonds is 4. The first-order valence-electron chi connectivity index (χ1n) is 4.83. The van der Waals surface area contributed by atoms with Gasteiger partial charge in [-0.2, -0.15) is 0 Å². The molecule has 1 rings (SSSR count). The lowest BCUT2D eigenvalue weighted by molar-refractivity contribution is -0.131. The molecule has 0 saturated carbocycles. The second kappa shape index (κ2) is 5.36. The number of hydrogen-bond acceptors (Lipinski definition) is 4. The minimum Gasteiger partial charge on any atom is -0.427 e. The maximum atomic E-state index is 10.8. The van der Waals surface area contributed by atoms with E-state index in [9.17, 15) is 4.79 Å². The van der Waals surface area contributed by atoms with Gasteiger partial charge in [0.05, 0.1) is 0 Å². The van der Waals surface area contributed by atoms with E-state index in [1.807, 2.05) is 30.1 Å². The van der Waals surface area contributed by atoms with Crippen molar-refractivity contribution in [2.75, 3.05) is 25.0 Å². The molecule has 4 heteroatoms. The molecule has 0 unspecified atom stereocenters. The highest BCUT2D eigenvalue weighted by Crippen LogP contribution is 2.19. The van der Waals surface area contributed by atoms with E-state index in [-0.39, 0.29) is 5.97 Å². The molecule has 0 aliphatic rings. The van der Waals surface area contributed by atoms with Gasteiger partial charge < -0.3 is 15.4 Å². The summed E-state index contributed by atoms with van der Waals surface area (Å²) >= 11 is 0. The van der Waals surface area contributed by atoms with Crippen molar-refractivity contribution in [1.82, 2.24) is 0 Å². The molecule has 0 amide bonds. The lowest BCUT2D eigenvalue weighted by Crippen LogP contribution is -2.24. The normalized spacial score (nSPS) is 9.80. The third-order valence-corrected chi connectivity index (χ3v) is 1.98. The second-order valence-electron chi connectivity index (χ2n) is 3.30. The second-order valence-corrected chi connectivity index (χ2v) is 3.30. The van der Waals surface area contributed by atoms with Crippen molar-refractivity contribution in [2.24, 2.45) is 5.73 Å². The van der Waals surface area contributed by atoms with Gasteiger partial charge >= 0.3 is 5.97 Å². The molecule has 1 aromatic carbocycles. The largest absolute Gasteiger partial charge is 0.427 e. The van der Waals surface area contributed by atoms with Crippen molar-refractivity contribution in [3.8, 4) is 5.75 Å². The summed E-state index contributed by atoms with van der Waals surface area (Å²) in [6.45, 7) is 2.74. The predicted octanol–water partition coefficient (Wildman–Crippen LogP) is 1.01. The molecule has 0 atom stereocenters. The molecule has 0 aromatic heterocycles. The van der Waals surface area contributed by atoms with Crippen molar-refractivity contribution in [1.29, 1.82) is 0 Å². The lowest BCUT2D eigenvalue weighted by atomic mass is 10.3. The number of carbonyl (C=O) groups is 1. The lowest BCUT2D eigenvalue weighted by Gasteiger charge is -2.18. The van der Waals surface area contributed by atoms with Crippen LogP contribution in [0.3, 0.4) is 0 Å². The molecule has 0 radical (unpaired) electrons. The summed E-state index contributed by atoms with van der Waals surface area (Å²) in [5, 5.41) is 0. The summed E-state index contributed by atoms with van der Waals surface area (Å²) in [6.07, 6.45) is 0. The molecule has 82 valence electrons. The number of anilines is 1. The van der Waals surface area contributed by atoms with Gasteiger partial charge in [-0.3, -0.25) is 4.79 Å². The van der Waals surface area contributed by atoms with Crippen LogP contribution in [0.1, 0.15) is 6.92 Å². The number of nitrogens with two attached hydrogens (primary N) is 1. The summed E-state index contributed by atoms with van der Waals surface area (Å²) in [5.41, 5.74) is 6.44. The standard InChI is InChI=1S/C11H16N2O2/c1-9(14)15-11-5-3-4-10(8-11)13(2)7-6-12/h3-5,8H,6-7,12H2,1-2H3. The summed E-state index contributed by atoms with van der Waals surface area (Å²) in [6, 6.07) is 7.36. The van der Waals surface area contributed by atoms with Crippen LogP contribution in [0.15, 0.2) is 24.3 Å². The van der Waals surface area contributed by atoms with Gasteiger partial charge in [-0.25, -0.2) is 0 Å². The van der Waals surface area contributed by atoms with Gasteiger partial charge in [-0.1, -0.05) is 6.07 Å². The highest BCUT2D eigenvalue weighted by molar-refractivity contribution is 5.69. The van der Waals surface area contributed by atoms with Gasteiger partial charge in [-0.15, -0.1) is 0 Å². The molecule has 15 heavy (non-hydrogen) atoms. The maximum absolute atomic E-state index is 10.8. The van der Waals surface area contributed by atoms with Crippen LogP contribution in [0.25, 0.3) is 0 Å². The van der Waals surface area contributed by atoms with E-state index in [2.05, 4.69) is 0 Å². The average molecular weight is 208 g/mol. The SMILES string of the molecule is CC(=O)Oc1cccc(N(C)CCN)c1. The molecular formula is C11H16N2O2. The van der Waals surface area contributed by atoms with E-state index in [4.69, 9.17) is 10.5 Å². The topological polar surface area (TPSA) is 55.6 Å². The van der Waals surface area contributed by atoms with E-state index >= 15 is 0 Å². The fourth-order valence-electron chi connectivity index (χ4n) is 1.27. The maximum Gasteiger partial charge on any atom is 0.308 e. The summed E-state index contributed by atoms with van der Waals surface area (Å²) in [5.74, 6) is 0.248. The van der Waals surface area contributed by atoms with Crippen LogP contribution in [0.5, 0.6) is 5.75 Å². The minimum absolute atomic E-state index is 0.311. The molecule has 0 aliphatic carbocycles. The third-order valence-electron chi connectivity index (χ3n) is 1.98. The Balaban J connectivity index is 2.77. The molecule has 4 nitrogen and oxygen atoms in total. The summed E-state index contributed by atoms with van der Waals surface area (Å²) < 4.78 is 4.99. The first-order valence-corrected chi connectivity index (χ1v) is 4.83. The molecule has 0 heterocycles. The van der Waals surface area contributed by atoms with E-state index in [0.29, 0.717) is 12.3 Å². The monoisotopic (exact) mass is 208 g/mol. The zero-order chi connectivity index (χ0) is 11.3. The van der Waals surface area contributed by atoms with Crippen LogP contribution in [0.4, 0.5) is 5.69 Å². The van der Waals surface area contributed by atoms with Crippen molar-refractivity contribution in [2.45, 2.75) is 6.92 Å². The van der Waals surface area contributed by atoms with Crippen LogP contribution >= 0.6 is 0 Å². The van der Waals surface area contributed by atoms with E-state index < -0.39 is 0 Å². The molecule has 2 N–H and O–H groups in total. The molecule has 0 saturated heterocycles.